The Bertz CT molecular complexity index is 612. The summed E-state index contributed by atoms with van der Waals surface area (Å²) in [6.07, 6.45) is 0.490. The van der Waals surface area contributed by atoms with Crippen molar-refractivity contribution < 1.29 is 18.3 Å². The van der Waals surface area contributed by atoms with E-state index >= 15 is 0 Å². The van der Waals surface area contributed by atoms with E-state index in [4.69, 9.17) is 0 Å². The molecule has 1 amide bonds. The minimum absolute atomic E-state index is 0.0144. The summed E-state index contributed by atoms with van der Waals surface area (Å²) in [5.74, 6) is -0.138. The standard InChI is InChI=1S/C13H18N2O4S/c1-13(12(17)14-2)7-8-15(9-13)20(18,19)11-5-3-10(16)4-6-11/h3-6,16H,7-9H2,1-2H3,(H,14,17). The van der Waals surface area contributed by atoms with E-state index in [-0.39, 0.29) is 23.1 Å². The first-order valence-corrected chi connectivity index (χ1v) is 7.75. The van der Waals surface area contributed by atoms with Gasteiger partial charge in [-0.3, -0.25) is 4.79 Å². The Morgan fingerprint density at radius 2 is 1.95 bits per heavy atom. The van der Waals surface area contributed by atoms with E-state index < -0.39 is 15.4 Å². The minimum Gasteiger partial charge on any atom is -0.508 e. The van der Waals surface area contributed by atoms with Crippen LogP contribution in [0.4, 0.5) is 0 Å². The number of phenolic OH excluding ortho intramolecular Hbond substituents is 1. The van der Waals surface area contributed by atoms with Crippen LogP contribution in [0.25, 0.3) is 0 Å². The number of amides is 1. The second kappa shape index (κ2) is 5.06. The summed E-state index contributed by atoms with van der Waals surface area (Å²) in [6.45, 7) is 2.24. The summed E-state index contributed by atoms with van der Waals surface area (Å²) in [5, 5.41) is 11.8. The lowest BCUT2D eigenvalue weighted by atomic mass is 9.89. The lowest BCUT2D eigenvalue weighted by molar-refractivity contribution is -0.128. The zero-order chi connectivity index (χ0) is 15.0. The number of phenols is 1. The molecule has 6 nitrogen and oxygen atoms in total. The third kappa shape index (κ3) is 2.51. The fraction of sp³-hybridized carbons (Fsp3) is 0.462. The van der Waals surface area contributed by atoms with E-state index in [1.807, 2.05) is 0 Å². The van der Waals surface area contributed by atoms with Crippen molar-refractivity contribution in [3.05, 3.63) is 24.3 Å². The average molecular weight is 298 g/mol. The minimum atomic E-state index is -3.63. The molecule has 1 saturated heterocycles. The number of aromatic hydroxyl groups is 1. The first-order valence-electron chi connectivity index (χ1n) is 6.31. The third-order valence-corrected chi connectivity index (χ3v) is 5.55. The third-order valence-electron chi connectivity index (χ3n) is 3.69. The number of hydrogen-bond acceptors (Lipinski definition) is 4. The highest BCUT2D eigenvalue weighted by molar-refractivity contribution is 7.89. The number of nitrogens with zero attached hydrogens (tertiary/aromatic N) is 1. The van der Waals surface area contributed by atoms with Crippen molar-refractivity contribution in [1.29, 1.82) is 0 Å². The van der Waals surface area contributed by atoms with E-state index in [0.29, 0.717) is 13.0 Å². The molecule has 0 saturated carbocycles. The second-order valence-electron chi connectivity index (χ2n) is 5.22. The van der Waals surface area contributed by atoms with E-state index in [2.05, 4.69) is 5.32 Å². The molecule has 1 fully saturated rings. The van der Waals surface area contributed by atoms with Crippen LogP contribution < -0.4 is 5.32 Å². The zero-order valence-electron chi connectivity index (χ0n) is 11.5. The van der Waals surface area contributed by atoms with E-state index in [9.17, 15) is 18.3 Å². The number of benzene rings is 1. The highest BCUT2D eigenvalue weighted by Gasteiger charge is 2.44. The van der Waals surface area contributed by atoms with Crippen molar-refractivity contribution in [2.75, 3.05) is 20.1 Å². The Balaban J connectivity index is 2.25. The Hall–Kier alpha value is -1.60. The second-order valence-corrected chi connectivity index (χ2v) is 7.16. The smallest absolute Gasteiger partial charge is 0.243 e. The number of carbonyl (C=O) groups is 1. The monoisotopic (exact) mass is 298 g/mol. The van der Waals surface area contributed by atoms with Gasteiger partial charge in [0, 0.05) is 20.1 Å². The molecule has 1 aromatic carbocycles. The molecule has 1 aromatic rings. The van der Waals surface area contributed by atoms with Crippen LogP contribution in [0.15, 0.2) is 29.2 Å². The topological polar surface area (TPSA) is 86.7 Å². The Labute approximate surface area is 118 Å². The van der Waals surface area contributed by atoms with Crippen LogP contribution in [0.2, 0.25) is 0 Å². The summed E-state index contributed by atoms with van der Waals surface area (Å²) in [7, 11) is -2.08. The molecule has 0 aliphatic carbocycles. The van der Waals surface area contributed by atoms with Crippen LogP contribution in [0.1, 0.15) is 13.3 Å². The van der Waals surface area contributed by atoms with Crippen molar-refractivity contribution in [2.45, 2.75) is 18.2 Å². The van der Waals surface area contributed by atoms with Gasteiger partial charge in [0.25, 0.3) is 0 Å². The van der Waals surface area contributed by atoms with Crippen molar-refractivity contribution >= 4 is 15.9 Å². The first kappa shape index (κ1) is 14.8. The molecular weight excluding hydrogens is 280 g/mol. The van der Waals surface area contributed by atoms with E-state index in [1.165, 1.54) is 28.6 Å². The average Bonchev–Trinajstić information content (AvgIpc) is 2.83. The van der Waals surface area contributed by atoms with Crippen molar-refractivity contribution in [1.82, 2.24) is 9.62 Å². The van der Waals surface area contributed by atoms with Gasteiger partial charge in [0.05, 0.1) is 10.3 Å². The normalized spacial score (nSPS) is 23.7. The van der Waals surface area contributed by atoms with Gasteiger partial charge in [0.15, 0.2) is 0 Å². The van der Waals surface area contributed by atoms with E-state index in [1.54, 1.807) is 14.0 Å². The Morgan fingerprint density at radius 1 is 1.35 bits per heavy atom. The summed E-state index contributed by atoms with van der Waals surface area (Å²) < 4.78 is 26.2. The molecule has 2 rings (SSSR count). The van der Waals surface area contributed by atoms with Gasteiger partial charge in [0.1, 0.15) is 5.75 Å². The van der Waals surface area contributed by atoms with Gasteiger partial charge in [-0.2, -0.15) is 4.31 Å². The number of rotatable bonds is 3. The largest absolute Gasteiger partial charge is 0.508 e. The van der Waals surface area contributed by atoms with Gasteiger partial charge < -0.3 is 10.4 Å². The molecule has 1 aliphatic rings. The van der Waals surface area contributed by atoms with Gasteiger partial charge in [0.2, 0.25) is 15.9 Å². The van der Waals surface area contributed by atoms with Crippen molar-refractivity contribution in [3.63, 3.8) is 0 Å². The van der Waals surface area contributed by atoms with Crippen molar-refractivity contribution in [3.8, 4) is 5.75 Å². The summed E-state index contributed by atoms with van der Waals surface area (Å²) >= 11 is 0. The van der Waals surface area contributed by atoms with Gasteiger partial charge >= 0.3 is 0 Å². The lowest BCUT2D eigenvalue weighted by Crippen LogP contribution is -2.40. The predicted molar refractivity (Wildman–Crippen MR) is 73.7 cm³/mol. The fourth-order valence-electron chi connectivity index (χ4n) is 2.38. The zero-order valence-corrected chi connectivity index (χ0v) is 12.3. The van der Waals surface area contributed by atoms with Crippen LogP contribution in [-0.2, 0) is 14.8 Å². The Morgan fingerprint density at radius 3 is 2.50 bits per heavy atom. The maximum Gasteiger partial charge on any atom is 0.243 e. The molecule has 0 bridgehead atoms. The van der Waals surface area contributed by atoms with Crippen LogP contribution in [-0.4, -0.2) is 43.9 Å². The first-order chi connectivity index (χ1) is 9.29. The molecule has 2 N–H and O–H groups in total. The summed E-state index contributed by atoms with van der Waals surface area (Å²) in [6, 6.07) is 5.39. The molecular formula is C13H18N2O4S. The molecule has 1 aliphatic heterocycles. The van der Waals surface area contributed by atoms with Crippen LogP contribution in [0, 0.1) is 5.41 Å². The van der Waals surface area contributed by atoms with Gasteiger partial charge in [-0.1, -0.05) is 0 Å². The van der Waals surface area contributed by atoms with Gasteiger partial charge in [-0.15, -0.1) is 0 Å². The number of nitrogens with one attached hydrogen (secondary N) is 1. The highest BCUT2D eigenvalue weighted by atomic mass is 32.2. The fourth-order valence-corrected chi connectivity index (χ4v) is 3.94. The van der Waals surface area contributed by atoms with Gasteiger partial charge in [-0.05, 0) is 37.6 Å². The highest BCUT2D eigenvalue weighted by Crippen LogP contribution is 2.33. The van der Waals surface area contributed by atoms with Crippen LogP contribution in [0.3, 0.4) is 0 Å². The number of hydrogen-bond donors (Lipinski definition) is 2. The summed E-state index contributed by atoms with van der Waals surface area (Å²) in [5.41, 5.74) is -0.696. The summed E-state index contributed by atoms with van der Waals surface area (Å²) in [4.78, 5) is 11.9. The maximum atomic E-state index is 12.5. The Kier molecular flexibility index (Phi) is 3.75. The van der Waals surface area contributed by atoms with Crippen LogP contribution >= 0.6 is 0 Å². The quantitative estimate of drug-likeness (QED) is 0.852. The molecule has 7 heteroatoms. The van der Waals surface area contributed by atoms with Crippen LogP contribution in [0.5, 0.6) is 5.75 Å². The molecule has 20 heavy (non-hydrogen) atoms. The molecule has 0 radical (unpaired) electrons. The maximum absolute atomic E-state index is 12.5. The SMILES string of the molecule is CNC(=O)C1(C)CCN(S(=O)(=O)c2ccc(O)cc2)C1. The van der Waals surface area contributed by atoms with Gasteiger partial charge in [-0.25, -0.2) is 8.42 Å². The molecule has 1 atom stereocenters. The molecule has 0 aromatic heterocycles. The molecule has 0 spiro atoms. The van der Waals surface area contributed by atoms with E-state index in [0.717, 1.165) is 0 Å². The number of carbonyl (C=O) groups excluding carboxylic acids is 1. The number of sulfonamides is 1. The molecule has 110 valence electrons. The molecule has 1 unspecified atom stereocenters. The predicted octanol–water partition coefficient (Wildman–Crippen LogP) is 0.539. The lowest BCUT2D eigenvalue weighted by Gasteiger charge is -2.22. The molecule has 1 heterocycles. The van der Waals surface area contributed by atoms with Crippen molar-refractivity contribution in [2.24, 2.45) is 5.41 Å².